The molecular weight excluding hydrogens is 323 g/mol. The number of benzene rings is 1. The molecule has 1 fully saturated rings. The van der Waals surface area contributed by atoms with Crippen molar-refractivity contribution in [3.63, 3.8) is 0 Å². The lowest BCUT2D eigenvalue weighted by Crippen LogP contribution is -2.40. The Morgan fingerprint density at radius 2 is 2.14 bits per heavy atom. The normalized spacial score (nSPS) is 20.8. The number of hydrogen-bond acceptors (Lipinski definition) is 4. The standard InChI is InChI=1S/C13H16F3NO4S/c1-9(12-6-3-7-20-12)17-22(18,19)11-5-2-4-10(8-11)21-13(14,15)16/h2,4-5,8-9,12,17H,3,6-7H2,1H3. The topological polar surface area (TPSA) is 64.6 Å². The summed E-state index contributed by atoms with van der Waals surface area (Å²) < 4.78 is 72.5. The fraction of sp³-hybridized carbons (Fsp3) is 0.538. The van der Waals surface area contributed by atoms with E-state index in [9.17, 15) is 21.6 Å². The van der Waals surface area contributed by atoms with E-state index in [1.54, 1.807) is 6.92 Å². The minimum absolute atomic E-state index is 0.232. The molecule has 2 rings (SSSR count). The van der Waals surface area contributed by atoms with Gasteiger partial charge in [0.05, 0.1) is 11.0 Å². The molecule has 1 saturated heterocycles. The molecule has 5 nitrogen and oxygen atoms in total. The summed E-state index contributed by atoms with van der Waals surface area (Å²) in [7, 11) is -3.95. The van der Waals surface area contributed by atoms with Crippen LogP contribution in [0.1, 0.15) is 19.8 Å². The maximum atomic E-state index is 12.2. The van der Waals surface area contributed by atoms with Gasteiger partial charge in [0.1, 0.15) is 5.75 Å². The predicted octanol–water partition coefficient (Wildman–Crippen LogP) is 2.43. The van der Waals surface area contributed by atoms with Crippen LogP contribution in [0.4, 0.5) is 13.2 Å². The molecule has 0 aliphatic carbocycles. The molecule has 2 unspecified atom stereocenters. The molecule has 124 valence electrons. The minimum atomic E-state index is -4.87. The SMILES string of the molecule is CC(NS(=O)(=O)c1cccc(OC(F)(F)F)c1)C1CCCO1. The van der Waals surface area contributed by atoms with Gasteiger partial charge in [-0.2, -0.15) is 0 Å². The third-order valence-electron chi connectivity index (χ3n) is 3.21. The van der Waals surface area contributed by atoms with E-state index in [0.29, 0.717) is 6.61 Å². The van der Waals surface area contributed by atoms with E-state index in [1.165, 1.54) is 12.1 Å². The highest BCUT2D eigenvalue weighted by Gasteiger charge is 2.32. The van der Waals surface area contributed by atoms with Crippen molar-refractivity contribution in [3.05, 3.63) is 24.3 Å². The predicted molar refractivity (Wildman–Crippen MR) is 71.9 cm³/mol. The molecule has 1 heterocycles. The maximum absolute atomic E-state index is 12.2. The lowest BCUT2D eigenvalue weighted by molar-refractivity contribution is -0.274. The van der Waals surface area contributed by atoms with Gasteiger partial charge in [-0.05, 0) is 31.9 Å². The second-order valence-electron chi connectivity index (χ2n) is 4.98. The van der Waals surface area contributed by atoms with Gasteiger partial charge in [-0.25, -0.2) is 13.1 Å². The van der Waals surface area contributed by atoms with E-state index >= 15 is 0 Å². The summed E-state index contributed by atoms with van der Waals surface area (Å²) in [6.07, 6.45) is -3.52. The highest BCUT2D eigenvalue weighted by Crippen LogP contribution is 2.25. The van der Waals surface area contributed by atoms with Gasteiger partial charge in [-0.1, -0.05) is 6.07 Å². The molecule has 0 spiro atoms. The lowest BCUT2D eigenvalue weighted by Gasteiger charge is -2.20. The van der Waals surface area contributed by atoms with E-state index in [2.05, 4.69) is 9.46 Å². The monoisotopic (exact) mass is 339 g/mol. The van der Waals surface area contributed by atoms with Crippen LogP contribution in [0, 0.1) is 0 Å². The molecule has 1 aliphatic rings. The number of halogens is 3. The summed E-state index contributed by atoms with van der Waals surface area (Å²) in [4.78, 5) is -0.293. The van der Waals surface area contributed by atoms with Crippen LogP contribution >= 0.6 is 0 Å². The van der Waals surface area contributed by atoms with Crippen molar-refractivity contribution in [1.29, 1.82) is 0 Å². The summed E-state index contributed by atoms with van der Waals surface area (Å²) in [5.74, 6) is -0.583. The Balaban J connectivity index is 2.13. The smallest absolute Gasteiger partial charge is 0.406 e. The van der Waals surface area contributed by atoms with Crippen molar-refractivity contribution in [3.8, 4) is 5.75 Å². The highest BCUT2D eigenvalue weighted by molar-refractivity contribution is 7.89. The molecule has 22 heavy (non-hydrogen) atoms. The van der Waals surface area contributed by atoms with Crippen LogP contribution in [0.25, 0.3) is 0 Å². The molecular formula is C13H16F3NO4S. The van der Waals surface area contributed by atoms with Crippen molar-refractivity contribution < 1.29 is 31.1 Å². The second-order valence-corrected chi connectivity index (χ2v) is 6.70. The zero-order valence-electron chi connectivity index (χ0n) is 11.8. The fourth-order valence-electron chi connectivity index (χ4n) is 2.22. The maximum Gasteiger partial charge on any atom is 0.573 e. The summed E-state index contributed by atoms with van der Waals surface area (Å²) >= 11 is 0. The Kier molecular flexibility index (Phi) is 4.98. The molecule has 1 aromatic rings. The third kappa shape index (κ3) is 4.59. The van der Waals surface area contributed by atoms with Crippen LogP contribution in [0.2, 0.25) is 0 Å². The van der Waals surface area contributed by atoms with Crippen LogP contribution < -0.4 is 9.46 Å². The summed E-state index contributed by atoms with van der Waals surface area (Å²) in [5, 5.41) is 0. The minimum Gasteiger partial charge on any atom is -0.406 e. The quantitative estimate of drug-likeness (QED) is 0.895. The van der Waals surface area contributed by atoms with Crippen LogP contribution in [-0.4, -0.2) is 33.5 Å². The second kappa shape index (κ2) is 6.43. The van der Waals surface area contributed by atoms with E-state index < -0.39 is 28.2 Å². The van der Waals surface area contributed by atoms with Crippen LogP contribution in [-0.2, 0) is 14.8 Å². The van der Waals surface area contributed by atoms with Crippen molar-refractivity contribution in [1.82, 2.24) is 4.72 Å². The first-order chi connectivity index (χ1) is 10.2. The summed E-state index contributed by atoms with van der Waals surface area (Å²) in [6.45, 7) is 2.23. The van der Waals surface area contributed by atoms with Gasteiger partial charge in [0.15, 0.2) is 0 Å². The first-order valence-corrected chi connectivity index (χ1v) is 8.15. The molecule has 1 aliphatic heterocycles. The summed E-state index contributed by atoms with van der Waals surface area (Å²) in [6, 6.07) is 3.79. The van der Waals surface area contributed by atoms with E-state index in [4.69, 9.17) is 4.74 Å². The van der Waals surface area contributed by atoms with Crippen molar-refractivity contribution >= 4 is 10.0 Å². The number of rotatable bonds is 5. The number of nitrogens with one attached hydrogen (secondary N) is 1. The average molecular weight is 339 g/mol. The number of ether oxygens (including phenoxy) is 2. The van der Waals surface area contributed by atoms with Gasteiger partial charge in [-0.15, -0.1) is 13.2 Å². The summed E-state index contributed by atoms with van der Waals surface area (Å²) in [5.41, 5.74) is 0. The highest BCUT2D eigenvalue weighted by atomic mass is 32.2. The van der Waals surface area contributed by atoms with Gasteiger partial charge in [0.2, 0.25) is 10.0 Å². The largest absolute Gasteiger partial charge is 0.573 e. The Morgan fingerprint density at radius 3 is 2.73 bits per heavy atom. The number of hydrogen-bond donors (Lipinski definition) is 1. The van der Waals surface area contributed by atoms with Gasteiger partial charge >= 0.3 is 6.36 Å². The van der Waals surface area contributed by atoms with Crippen LogP contribution in [0.15, 0.2) is 29.2 Å². The first kappa shape index (κ1) is 17.0. The molecule has 1 aromatic carbocycles. The average Bonchev–Trinajstić information content (AvgIpc) is 2.90. The van der Waals surface area contributed by atoms with Crippen molar-refractivity contribution in [2.24, 2.45) is 0 Å². The number of sulfonamides is 1. The fourth-order valence-corrected chi connectivity index (χ4v) is 3.53. The third-order valence-corrected chi connectivity index (χ3v) is 4.77. The Hall–Kier alpha value is -1.32. The zero-order valence-corrected chi connectivity index (χ0v) is 12.6. The molecule has 2 atom stereocenters. The van der Waals surface area contributed by atoms with Gasteiger partial charge < -0.3 is 9.47 Å². The molecule has 9 heteroatoms. The van der Waals surface area contributed by atoms with Gasteiger partial charge in [0, 0.05) is 18.7 Å². The van der Waals surface area contributed by atoms with Gasteiger partial charge in [0.25, 0.3) is 0 Å². The van der Waals surface area contributed by atoms with Crippen molar-refractivity contribution in [2.75, 3.05) is 6.61 Å². The van der Waals surface area contributed by atoms with Crippen molar-refractivity contribution in [2.45, 2.75) is 43.2 Å². The van der Waals surface area contributed by atoms with Crippen LogP contribution in [0.3, 0.4) is 0 Å². The molecule has 0 amide bonds. The molecule has 0 aromatic heterocycles. The zero-order chi connectivity index (χ0) is 16.4. The van der Waals surface area contributed by atoms with E-state index in [0.717, 1.165) is 25.0 Å². The Morgan fingerprint density at radius 1 is 1.41 bits per heavy atom. The Labute approximate surface area is 126 Å². The number of alkyl halides is 3. The molecule has 0 radical (unpaired) electrons. The molecule has 0 saturated carbocycles. The van der Waals surface area contributed by atoms with Gasteiger partial charge in [-0.3, -0.25) is 0 Å². The van der Waals surface area contributed by atoms with Crippen LogP contribution in [0.5, 0.6) is 5.75 Å². The lowest BCUT2D eigenvalue weighted by atomic mass is 10.1. The first-order valence-electron chi connectivity index (χ1n) is 6.67. The molecule has 1 N–H and O–H groups in total. The van der Waals surface area contributed by atoms with E-state index in [-0.39, 0.29) is 11.0 Å². The Bertz CT molecular complexity index is 612. The van der Waals surface area contributed by atoms with E-state index in [1.807, 2.05) is 0 Å². The molecule has 0 bridgehead atoms.